The number of benzene rings is 2. The van der Waals surface area contributed by atoms with Crippen LogP contribution in [0.4, 0.5) is 5.69 Å². The quantitative estimate of drug-likeness (QED) is 0.719. The van der Waals surface area contributed by atoms with Crippen LogP contribution in [0.3, 0.4) is 0 Å². The molecule has 3 aromatic rings. The second kappa shape index (κ2) is 7.99. The summed E-state index contributed by atoms with van der Waals surface area (Å²) in [6, 6.07) is 14.6. The maximum Gasteiger partial charge on any atom is 0.255 e. The molecule has 0 radical (unpaired) electrons. The van der Waals surface area contributed by atoms with Crippen LogP contribution in [0.5, 0.6) is 5.75 Å². The Morgan fingerprint density at radius 2 is 1.74 bits per heavy atom. The summed E-state index contributed by atoms with van der Waals surface area (Å²) in [4.78, 5) is 12.4. The lowest BCUT2D eigenvalue weighted by molar-refractivity contribution is 0.102. The van der Waals surface area contributed by atoms with E-state index in [9.17, 15) is 4.79 Å². The van der Waals surface area contributed by atoms with Crippen molar-refractivity contribution >= 4 is 11.6 Å². The lowest BCUT2D eigenvalue weighted by atomic mass is 9.98. The van der Waals surface area contributed by atoms with E-state index in [0.717, 1.165) is 29.8 Å². The molecule has 2 N–H and O–H groups in total. The lowest BCUT2D eigenvalue weighted by Gasteiger charge is -2.23. The molecule has 0 atom stereocenters. The third-order valence-electron chi connectivity index (χ3n) is 4.72. The number of amides is 1. The van der Waals surface area contributed by atoms with Gasteiger partial charge in [0, 0.05) is 16.8 Å². The number of aromatic nitrogens is 4. The summed E-state index contributed by atoms with van der Waals surface area (Å²) < 4.78 is 6.02. The van der Waals surface area contributed by atoms with E-state index in [-0.39, 0.29) is 5.91 Å². The smallest absolute Gasteiger partial charge is 0.255 e. The number of H-pyrrole nitrogens is 1. The van der Waals surface area contributed by atoms with Gasteiger partial charge in [0.2, 0.25) is 5.82 Å². The number of ether oxygens (including phenoxy) is 1. The maximum absolute atomic E-state index is 12.4. The summed E-state index contributed by atoms with van der Waals surface area (Å²) in [5, 5.41) is 16.7. The fourth-order valence-electron chi connectivity index (χ4n) is 3.25. The summed E-state index contributed by atoms with van der Waals surface area (Å²) in [5.41, 5.74) is 2.09. The van der Waals surface area contributed by atoms with Gasteiger partial charge >= 0.3 is 0 Å². The van der Waals surface area contributed by atoms with Gasteiger partial charge in [0.25, 0.3) is 5.91 Å². The van der Waals surface area contributed by atoms with Crippen LogP contribution < -0.4 is 10.1 Å². The largest absolute Gasteiger partial charge is 0.490 e. The first-order valence-electron chi connectivity index (χ1n) is 9.20. The van der Waals surface area contributed by atoms with E-state index in [1.54, 1.807) is 24.3 Å². The fraction of sp³-hybridized carbons (Fsp3) is 0.300. The predicted molar refractivity (Wildman–Crippen MR) is 102 cm³/mol. The van der Waals surface area contributed by atoms with E-state index < -0.39 is 0 Å². The van der Waals surface area contributed by atoms with Crippen LogP contribution in [0, 0.1) is 0 Å². The van der Waals surface area contributed by atoms with E-state index in [2.05, 4.69) is 25.9 Å². The van der Waals surface area contributed by atoms with Crippen LogP contribution >= 0.6 is 0 Å². The van der Waals surface area contributed by atoms with Gasteiger partial charge in [-0.05, 0) is 67.3 Å². The maximum atomic E-state index is 12.4. The Hall–Kier alpha value is -3.22. The van der Waals surface area contributed by atoms with Crippen molar-refractivity contribution in [1.29, 1.82) is 0 Å². The average molecular weight is 363 g/mol. The highest BCUT2D eigenvalue weighted by atomic mass is 16.5. The zero-order valence-electron chi connectivity index (χ0n) is 14.9. The molecule has 0 aliphatic heterocycles. The summed E-state index contributed by atoms with van der Waals surface area (Å²) in [6.45, 7) is 0. The van der Waals surface area contributed by atoms with Gasteiger partial charge in [-0.15, -0.1) is 10.2 Å². The molecule has 1 aliphatic rings. The molecule has 7 heteroatoms. The van der Waals surface area contributed by atoms with E-state index >= 15 is 0 Å². The number of aromatic amines is 1. The van der Waals surface area contributed by atoms with Gasteiger partial charge in [-0.25, -0.2) is 0 Å². The van der Waals surface area contributed by atoms with Gasteiger partial charge < -0.3 is 10.1 Å². The van der Waals surface area contributed by atoms with Crippen LogP contribution in [0.1, 0.15) is 42.5 Å². The van der Waals surface area contributed by atoms with Gasteiger partial charge in [0.15, 0.2) is 0 Å². The van der Waals surface area contributed by atoms with Crippen molar-refractivity contribution in [3.63, 3.8) is 0 Å². The topological polar surface area (TPSA) is 92.8 Å². The van der Waals surface area contributed by atoms with Crippen molar-refractivity contribution in [3.8, 4) is 17.1 Å². The Bertz CT molecular complexity index is 870. The number of carbonyl (C=O) groups excluding carboxylic acids is 1. The fourth-order valence-corrected chi connectivity index (χ4v) is 3.25. The number of nitrogens with one attached hydrogen (secondary N) is 2. The highest BCUT2D eigenvalue weighted by Gasteiger charge is 2.15. The monoisotopic (exact) mass is 363 g/mol. The molecule has 1 saturated carbocycles. The molecule has 138 valence electrons. The van der Waals surface area contributed by atoms with Crippen LogP contribution in [0.15, 0.2) is 48.5 Å². The van der Waals surface area contributed by atoms with Gasteiger partial charge in [0.05, 0.1) is 6.10 Å². The minimum absolute atomic E-state index is 0.171. The van der Waals surface area contributed by atoms with Gasteiger partial charge in [-0.2, -0.15) is 5.21 Å². The van der Waals surface area contributed by atoms with Crippen molar-refractivity contribution in [2.75, 3.05) is 5.32 Å². The zero-order chi connectivity index (χ0) is 18.5. The molecule has 27 heavy (non-hydrogen) atoms. The van der Waals surface area contributed by atoms with Crippen LogP contribution in [-0.2, 0) is 0 Å². The minimum Gasteiger partial charge on any atom is -0.490 e. The lowest BCUT2D eigenvalue weighted by Crippen LogP contribution is -2.19. The van der Waals surface area contributed by atoms with E-state index in [4.69, 9.17) is 4.74 Å². The Kier molecular flexibility index (Phi) is 5.09. The molecule has 0 spiro atoms. The number of nitrogens with zero attached hydrogens (tertiary/aromatic N) is 3. The predicted octanol–water partition coefficient (Wildman–Crippen LogP) is 3.83. The van der Waals surface area contributed by atoms with Gasteiger partial charge in [0.1, 0.15) is 5.75 Å². The first-order chi connectivity index (χ1) is 13.3. The van der Waals surface area contributed by atoms with Crippen molar-refractivity contribution in [2.24, 2.45) is 0 Å². The molecule has 4 rings (SSSR count). The van der Waals surface area contributed by atoms with Crippen LogP contribution in [0.2, 0.25) is 0 Å². The molecule has 0 saturated heterocycles. The van der Waals surface area contributed by atoms with E-state index in [1.165, 1.54) is 19.3 Å². The van der Waals surface area contributed by atoms with Gasteiger partial charge in [-0.3, -0.25) is 4.79 Å². The Labute approximate surface area is 157 Å². The Balaban J connectivity index is 1.36. The first-order valence-corrected chi connectivity index (χ1v) is 9.20. The zero-order valence-corrected chi connectivity index (χ0v) is 14.9. The van der Waals surface area contributed by atoms with Crippen molar-refractivity contribution in [1.82, 2.24) is 20.6 Å². The summed E-state index contributed by atoms with van der Waals surface area (Å²) >= 11 is 0. The number of hydrogen-bond acceptors (Lipinski definition) is 5. The van der Waals surface area contributed by atoms with Crippen LogP contribution in [-0.4, -0.2) is 32.6 Å². The van der Waals surface area contributed by atoms with Crippen molar-refractivity contribution < 1.29 is 9.53 Å². The highest BCUT2D eigenvalue weighted by Crippen LogP contribution is 2.24. The highest BCUT2D eigenvalue weighted by molar-refractivity contribution is 6.04. The number of carbonyl (C=O) groups is 1. The molecule has 0 unspecified atom stereocenters. The molecule has 1 aliphatic carbocycles. The Morgan fingerprint density at radius 1 is 1.00 bits per heavy atom. The van der Waals surface area contributed by atoms with Crippen molar-refractivity contribution in [3.05, 3.63) is 54.1 Å². The standard InChI is InChI=1S/C20H21N5O2/c26-20(15-8-6-14(7-9-15)19-22-24-25-23-19)21-16-10-12-18(13-11-16)27-17-4-2-1-3-5-17/h6-13,17H,1-5H2,(H,21,26)(H,22,23,24,25). The molecular formula is C20H21N5O2. The second-order valence-electron chi connectivity index (χ2n) is 6.67. The number of hydrogen-bond donors (Lipinski definition) is 2. The number of tetrazole rings is 1. The van der Waals surface area contributed by atoms with Crippen molar-refractivity contribution in [2.45, 2.75) is 38.2 Å². The van der Waals surface area contributed by atoms with E-state index in [0.29, 0.717) is 17.5 Å². The SMILES string of the molecule is O=C(Nc1ccc(OC2CCCCC2)cc1)c1ccc(-c2nn[nH]n2)cc1. The molecule has 1 fully saturated rings. The first kappa shape index (κ1) is 17.2. The molecule has 1 heterocycles. The molecule has 7 nitrogen and oxygen atoms in total. The van der Waals surface area contributed by atoms with Gasteiger partial charge in [-0.1, -0.05) is 18.6 Å². The molecule has 1 aromatic heterocycles. The molecule has 2 aromatic carbocycles. The second-order valence-corrected chi connectivity index (χ2v) is 6.67. The van der Waals surface area contributed by atoms with Crippen LogP contribution in [0.25, 0.3) is 11.4 Å². The normalized spacial score (nSPS) is 14.7. The summed E-state index contributed by atoms with van der Waals surface area (Å²) in [7, 11) is 0. The number of rotatable bonds is 5. The summed E-state index contributed by atoms with van der Waals surface area (Å²) in [5.74, 6) is 1.18. The van der Waals surface area contributed by atoms with E-state index in [1.807, 2.05) is 24.3 Å². The summed E-state index contributed by atoms with van der Waals surface area (Å²) in [6.07, 6.45) is 6.35. The molecular weight excluding hydrogens is 342 g/mol. The minimum atomic E-state index is -0.171. The third-order valence-corrected chi connectivity index (χ3v) is 4.72. The molecule has 1 amide bonds. The molecule has 0 bridgehead atoms. The Morgan fingerprint density at radius 3 is 2.41 bits per heavy atom. The average Bonchev–Trinajstić information content (AvgIpc) is 3.25. The third kappa shape index (κ3) is 4.31. The number of anilines is 1.